The summed E-state index contributed by atoms with van der Waals surface area (Å²) >= 11 is 6.06. The van der Waals surface area contributed by atoms with Crippen LogP contribution >= 0.6 is 11.6 Å². The van der Waals surface area contributed by atoms with Gasteiger partial charge in [-0.15, -0.1) is 0 Å². The molecule has 0 spiro atoms. The van der Waals surface area contributed by atoms with Crippen LogP contribution in [0.4, 0.5) is 5.69 Å². The van der Waals surface area contributed by atoms with E-state index < -0.39 is 9.84 Å². The summed E-state index contributed by atoms with van der Waals surface area (Å²) in [5.74, 6) is -0.887. The quantitative estimate of drug-likeness (QED) is 0.587. The number of benzene rings is 3. The summed E-state index contributed by atoms with van der Waals surface area (Å²) in [6.45, 7) is 1.37. The standard InChI is InChI=1S/C22H18ClNO4S/c1-15(25)24-19-9-11-20(12-10-19)29(27,28)14-17-7-8-18(23)13-21(17)22(26)16-5-3-2-4-6-16/h2-13H,14H2,1H3,(H,24,25). The molecule has 0 aromatic heterocycles. The Bertz CT molecular complexity index is 1160. The lowest BCUT2D eigenvalue weighted by Gasteiger charge is -2.11. The minimum atomic E-state index is -3.72. The van der Waals surface area contributed by atoms with Crippen molar-refractivity contribution >= 4 is 38.8 Å². The van der Waals surface area contributed by atoms with Crippen LogP contribution in [0.1, 0.15) is 28.4 Å². The molecule has 0 unspecified atom stereocenters. The van der Waals surface area contributed by atoms with Gasteiger partial charge in [0.2, 0.25) is 5.91 Å². The summed E-state index contributed by atoms with van der Waals surface area (Å²) in [7, 11) is -3.72. The fourth-order valence-corrected chi connectivity index (χ4v) is 4.42. The summed E-state index contributed by atoms with van der Waals surface area (Å²) in [5.41, 5.74) is 1.58. The molecule has 3 aromatic rings. The molecule has 0 heterocycles. The van der Waals surface area contributed by atoms with Gasteiger partial charge in [0.15, 0.2) is 15.6 Å². The highest BCUT2D eigenvalue weighted by molar-refractivity contribution is 7.90. The maximum atomic E-state index is 12.9. The molecule has 148 valence electrons. The lowest BCUT2D eigenvalue weighted by atomic mass is 9.99. The van der Waals surface area contributed by atoms with Crippen LogP contribution in [0.3, 0.4) is 0 Å². The molecule has 0 fully saturated rings. The van der Waals surface area contributed by atoms with Crippen molar-refractivity contribution in [1.82, 2.24) is 0 Å². The van der Waals surface area contributed by atoms with E-state index in [1.807, 2.05) is 0 Å². The molecule has 29 heavy (non-hydrogen) atoms. The summed E-state index contributed by atoms with van der Waals surface area (Å²) in [4.78, 5) is 24.1. The van der Waals surface area contributed by atoms with Crippen molar-refractivity contribution in [3.05, 3.63) is 94.5 Å². The van der Waals surface area contributed by atoms with Crippen LogP contribution in [0.15, 0.2) is 77.7 Å². The molecule has 0 bridgehead atoms. The molecule has 0 aliphatic carbocycles. The van der Waals surface area contributed by atoms with Gasteiger partial charge >= 0.3 is 0 Å². The molecule has 0 atom stereocenters. The van der Waals surface area contributed by atoms with Gasteiger partial charge in [0, 0.05) is 28.8 Å². The van der Waals surface area contributed by atoms with Crippen molar-refractivity contribution in [2.75, 3.05) is 5.32 Å². The first-order valence-corrected chi connectivity index (χ1v) is 10.8. The number of carbonyl (C=O) groups excluding carboxylic acids is 2. The summed E-state index contributed by atoms with van der Waals surface area (Å²) < 4.78 is 25.8. The second-order valence-corrected chi connectivity index (χ2v) is 8.89. The van der Waals surface area contributed by atoms with E-state index in [0.717, 1.165) is 0 Å². The molecule has 1 amide bonds. The Morgan fingerprint density at radius 2 is 1.59 bits per heavy atom. The first-order valence-electron chi connectivity index (χ1n) is 8.75. The van der Waals surface area contributed by atoms with Crippen molar-refractivity contribution in [3.8, 4) is 0 Å². The fourth-order valence-electron chi connectivity index (χ4n) is 2.87. The van der Waals surface area contributed by atoms with E-state index in [1.165, 1.54) is 37.3 Å². The number of amides is 1. The topological polar surface area (TPSA) is 80.3 Å². The van der Waals surface area contributed by atoms with Crippen molar-refractivity contribution in [3.63, 3.8) is 0 Å². The Hall–Kier alpha value is -2.96. The Balaban J connectivity index is 1.93. The number of rotatable bonds is 6. The van der Waals surface area contributed by atoms with Crippen molar-refractivity contribution in [1.29, 1.82) is 0 Å². The zero-order valence-corrected chi connectivity index (χ0v) is 17.1. The molecule has 0 saturated carbocycles. The third-order valence-electron chi connectivity index (χ3n) is 4.23. The molecule has 1 N–H and O–H groups in total. The summed E-state index contributed by atoms with van der Waals surface area (Å²) in [5, 5.41) is 2.94. The van der Waals surface area contributed by atoms with Gasteiger partial charge in [-0.05, 0) is 42.0 Å². The number of sulfone groups is 1. The average molecular weight is 428 g/mol. The number of ketones is 1. The van der Waals surface area contributed by atoms with Crippen LogP contribution < -0.4 is 5.32 Å². The number of halogens is 1. The van der Waals surface area contributed by atoms with E-state index in [1.54, 1.807) is 42.5 Å². The highest BCUT2D eigenvalue weighted by Gasteiger charge is 2.21. The lowest BCUT2D eigenvalue weighted by Crippen LogP contribution is -2.11. The molecular weight excluding hydrogens is 410 g/mol. The van der Waals surface area contributed by atoms with Crippen molar-refractivity contribution in [2.24, 2.45) is 0 Å². The number of hydrogen-bond donors (Lipinski definition) is 1. The van der Waals surface area contributed by atoms with E-state index in [-0.39, 0.29) is 27.9 Å². The van der Waals surface area contributed by atoms with Gasteiger partial charge in [-0.3, -0.25) is 9.59 Å². The Morgan fingerprint density at radius 3 is 2.21 bits per heavy atom. The van der Waals surface area contributed by atoms with Crippen LogP contribution in [0.25, 0.3) is 0 Å². The highest BCUT2D eigenvalue weighted by atomic mass is 35.5. The third kappa shape index (κ3) is 5.10. The van der Waals surface area contributed by atoms with Gasteiger partial charge in [-0.25, -0.2) is 8.42 Å². The van der Waals surface area contributed by atoms with Crippen LogP contribution in [0.2, 0.25) is 5.02 Å². The maximum Gasteiger partial charge on any atom is 0.221 e. The SMILES string of the molecule is CC(=O)Nc1ccc(S(=O)(=O)Cc2ccc(Cl)cc2C(=O)c2ccccc2)cc1. The van der Waals surface area contributed by atoms with E-state index in [9.17, 15) is 18.0 Å². The third-order valence-corrected chi connectivity index (χ3v) is 6.15. The minimum Gasteiger partial charge on any atom is -0.326 e. The first-order chi connectivity index (χ1) is 13.8. The molecule has 0 aliphatic heterocycles. The molecular formula is C22H18ClNO4S. The average Bonchev–Trinajstić information content (AvgIpc) is 2.69. The largest absolute Gasteiger partial charge is 0.326 e. The number of hydrogen-bond acceptors (Lipinski definition) is 4. The minimum absolute atomic E-state index is 0.0969. The smallest absolute Gasteiger partial charge is 0.221 e. The Labute approximate surface area is 174 Å². The van der Waals surface area contributed by atoms with Crippen LogP contribution in [0.5, 0.6) is 0 Å². The predicted octanol–water partition coefficient (Wildman–Crippen LogP) is 4.50. The van der Waals surface area contributed by atoms with Crippen molar-refractivity contribution < 1.29 is 18.0 Å². The van der Waals surface area contributed by atoms with Crippen LogP contribution in [0, 0.1) is 0 Å². The number of anilines is 1. The zero-order valence-electron chi connectivity index (χ0n) is 15.6. The van der Waals surface area contributed by atoms with Gasteiger partial charge in [-0.1, -0.05) is 48.0 Å². The normalized spacial score (nSPS) is 11.1. The number of nitrogens with one attached hydrogen (secondary N) is 1. The maximum absolute atomic E-state index is 12.9. The lowest BCUT2D eigenvalue weighted by molar-refractivity contribution is -0.114. The predicted molar refractivity (Wildman–Crippen MR) is 113 cm³/mol. The van der Waals surface area contributed by atoms with E-state index >= 15 is 0 Å². The molecule has 0 saturated heterocycles. The molecule has 3 rings (SSSR count). The Kier molecular flexibility index (Phi) is 6.15. The van der Waals surface area contributed by atoms with Crippen molar-refractivity contribution in [2.45, 2.75) is 17.6 Å². The van der Waals surface area contributed by atoms with Crippen LogP contribution in [-0.4, -0.2) is 20.1 Å². The van der Waals surface area contributed by atoms with Gasteiger partial charge in [0.1, 0.15) is 0 Å². The first kappa shape index (κ1) is 20.8. The second kappa shape index (κ2) is 8.59. The van der Waals surface area contributed by atoms with E-state index in [2.05, 4.69) is 5.32 Å². The molecule has 0 radical (unpaired) electrons. The fraction of sp³-hybridized carbons (Fsp3) is 0.0909. The van der Waals surface area contributed by atoms with Crippen LogP contribution in [-0.2, 0) is 20.4 Å². The van der Waals surface area contributed by atoms with Gasteiger partial charge in [-0.2, -0.15) is 0 Å². The Morgan fingerprint density at radius 1 is 0.931 bits per heavy atom. The molecule has 7 heteroatoms. The number of carbonyl (C=O) groups is 2. The van der Waals surface area contributed by atoms with E-state index in [4.69, 9.17) is 11.6 Å². The highest BCUT2D eigenvalue weighted by Crippen LogP contribution is 2.25. The zero-order chi connectivity index (χ0) is 21.0. The molecule has 5 nitrogen and oxygen atoms in total. The van der Waals surface area contributed by atoms with Gasteiger partial charge in [0.05, 0.1) is 10.6 Å². The molecule has 3 aromatic carbocycles. The summed E-state index contributed by atoms with van der Waals surface area (Å²) in [6, 6.07) is 19.1. The molecule has 0 aliphatic rings. The summed E-state index contributed by atoms with van der Waals surface area (Å²) in [6.07, 6.45) is 0. The second-order valence-electron chi connectivity index (χ2n) is 6.46. The van der Waals surface area contributed by atoms with E-state index in [0.29, 0.717) is 21.8 Å². The van der Waals surface area contributed by atoms with Gasteiger partial charge < -0.3 is 5.32 Å². The van der Waals surface area contributed by atoms with Gasteiger partial charge in [0.25, 0.3) is 0 Å². The monoisotopic (exact) mass is 427 g/mol.